The van der Waals surface area contributed by atoms with E-state index in [1.807, 2.05) is 21.0 Å². The van der Waals surface area contributed by atoms with E-state index in [1.54, 1.807) is 67.8 Å². The molecule has 3 rings (SSSR count). The third-order valence-corrected chi connectivity index (χ3v) is 6.02. The molecule has 2 heterocycles. The van der Waals surface area contributed by atoms with Crippen molar-refractivity contribution in [3.05, 3.63) is 65.5 Å². The van der Waals surface area contributed by atoms with Gasteiger partial charge < -0.3 is 19.7 Å². The molecule has 0 fully saturated rings. The van der Waals surface area contributed by atoms with Crippen LogP contribution in [0.4, 0.5) is 11.5 Å². The van der Waals surface area contributed by atoms with Crippen molar-refractivity contribution < 1.29 is 18.5 Å². The highest BCUT2D eigenvalue weighted by molar-refractivity contribution is 7.84. The molecular weight excluding hydrogens is 428 g/mol. The Morgan fingerprint density at radius 2 is 1.88 bits per heavy atom. The fourth-order valence-corrected chi connectivity index (χ4v) is 4.29. The van der Waals surface area contributed by atoms with Crippen molar-refractivity contribution in [2.24, 2.45) is 0 Å². The van der Waals surface area contributed by atoms with Crippen LogP contribution in [-0.4, -0.2) is 48.4 Å². The van der Waals surface area contributed by atoms with E-state index in [-0.39, 0.29) is 16.3 Å². The second kappa shape index (κ2) is 10.2. The Morgan fingerprint density at radius 1 is 1.09 bits per heavy atom. The molecule has 3 aromatic rings. The predicted octanol–water partition coefficient (Wildman–Crippen LogP) is 3.43. The maximum absolute atomic E-state index is 13.4. The van der Waals surface area contributed by atoms with E-state index in [0.717, 1.165) is 11.3 Å². The molecular formula is C23H26N4O4S. The van der Waals surface area contributed by atoms with Crippen LogP contribution < -0.4 is 19.7 Å². The molecule has 32 heavy (non-hydrogen) atoms. The van der Waals surface area contributed by atoms with Gasteiger partial charge in [-0.05, 0) is 37.3 Å². The maximum Gasteiger partial charge on any atom is 0.258 e. The van der Waals surface area contributed by atoms with Gasteiger partial charge in [-0.1, -0.05) is 6.07 Å². The molecule has 0 bridgehead atoms. The number of carbonyl (C=O) groups excluding carboxylic acids is 1. The number of nitrogens with zero attached hydrogens (tertiary/aromatic N) is 3. The van der Waals surface area contributed by atoms with Gasteiger partial charge in [-0.25, -0.2) is 4.98 Å². The lowest BCUT2D eigenvalue weighted by Crippen LogP contribution is -2.19. The molecule has 0 aliphatic heterocycles. The molecule has 0 saturated heterocycles. The van der Waals surface area contributed by atoms with E-state index in [0.29, 0.717) is 23.0 Å². The number of aryl methyl sites for hydroxylation is 1. The number of benzene rings is 1. The van der Waals surface area contributed by atoms with Gasteiger partial charge in [0, 0.05) is 43.3 Å². The first-order valence-electron chi connectivity index (χ1n) is 9.84. The fraction of sp³-hybridized carbons (Fsp3) is 0.261. The van der Waals surface area contributed by atoms with Gasteiger partial charge in [-0.15, -0.1) is 0 Å². The second-order valence-electron chi connectivity index (χ2n) is 7.22. The molecule has 0 aliphatic rings. The van der Waals surface area contributed by atoms with Gasteiger partial charge in [0.05, 0.1) is 36.3 Å². The van der Waals surface area contributed by atoms with E-state index < -0.39 is 16.7 Å². The number of carbonyl (C=O) groups is 1. The third-order valence-electron chi connectivity index (χ3n) is 4.70. The molecule has 1 atom stereocenters. The summed E-state index contributed by atoms with van der Waals surface area (Å²) in [7, 11) is 5.17. The van der Waals surface area contributed by atoms with Gasteiger partial charge in [0.25, 0.3) is 5.91 Å². The van der Waals surface area contributed by atoms with Crippen LogP contribution in [0.1, 0.15) is 21.6 Å². The van der Waals surface area contributed by atoms with Crippen molar-refractivity contribution in [3.63, 3.8) is 0 Å². The normalized spacial score (nSPS) is 11.5. The molecule has 1 aromatic carbocycles. The van der Waals surface area contributed by atoms with E-state index in [4.69, 9.17) is 9.47 Å². The van der Waals surface area contributed by atoms with E-state index in [1.165, 1.54) is 0 Å². The number of ether oxygens (including phenoxy) is 2. The lowest BCUT2D eigenvalue weighted by Gasteiger charge is -2.16. The van der Waals surface area contributed by atoms with Crippen LogP contribution in [0.25, 0.3) is 0 Å². The molecule has 1 unspecified atom stereocenters. The lowest BCUT2D eigenvalue weighted by atomic mass is 10.2. The molecule has 0 spiro atoms. The smallest absolute Gasteiger partial charge is 0.258 e. The summed E-state index contributed by atoms with van der Waals surface area (Å²) in [5.41, 5.74) is 2.35. The van der Waals surface area contributed by atoms with Gasteiger partial charge >= 0.3 is 0 Å². The highest BCUT2D eigenvalue weighted by Crippen LogP contribution is 2.28. The van der Waals surface area contributed by atoms with E-state index in [2.05, 4.69) is 15.3 Å². The summed E-state index contributed by atoms with van der Waals surface area (Å²) in [6.45, 7) is 1.84. The lowest BCUT2D eigenvalue weighted by molar-refractivity contribution is 0.102. The Hall–Kier alpha value is -3.46. The molecule has 0 saturated carbocycles. The largest absolute Gasteiger partial charge is 0.497 e. The molecule has 1 N–H and O–H groups in total. The number of hydrogen-bond acceptors (Lipinski definition) is 7. The summed E-state index contributed by atoms with van der Waals surface area (Å²) < 4.78 is 24.1. The summed E-state index contributed by atoms with van der Waals surface area (Å²) in [6.07, 6.45) is 1.62. The minimum atomic E-state index is -1.61. The highest BCUT2D eigenvalue weighted by atomic mass is 32.2. The number of hydrogen-bond donors (Lipinski definition) is 1. The molecule has 0 radical (unpaired) electrons. The average Bonchev–Trinajstić information content (AvgIpc) is 2.78. The van der Waals surface area contributed by atoms with E-state index in [9.17, 15) is 9.00 Å². The van der Waals surface area contributed by atoms with Gasteiger partial charge in [-0.3, -0.25) is 14.0 Å². The highest BCUT2D eigenvalue weighted by Gasteiger charge is 2.21. The topological polar surface area (TPSA) is 93.7 Å². The molecule has 0 aliphatic carbocycles. The van der Waals surface area contributed by atoms with E-state index >= 15 is 0 Å². The molecule has 8 nitrogen and oxygen atoms in total. The number of amides is 1. The van der Waals surface area contributed by atoms with Crippen molar-refractivity contribution in [1.82, 2.24) is 9.97 Å². The van der Waals surface area contributed by atoms with Crippen LogP contribution in [0.5, 0.6) is 11.5 Å². The molecule has 1 amide bonds. The van der Waals surface area contributed by atoms with Crippen molar-refractivity contribution in [1.29, 1.82) is 0 Å². The molecule has 9 heteroatoms. The first kappa shape index (κ1) is 23.2. The fourth-order valence-electron chi connectivity index (χ4n) is 3.03. The first-order chi connectivity index (χ1) is 15.3. The van der Waals surface area contributed by atoms with Gasteiger partial charge in [0.2, 0.25) is 0 Å². The summed E-state index contributed by atoms with van der Waals surface area (Å²) in [4.78, 5) is 23.5. The zero-order chi connectivity index (χ0) is 23.3. The minimum absolute atomic E-state index is 0.131. The van der Waals surface area contributed by atoms with Crippen LogP contribution in [-0.2, 0) is 16.6 Å². The van der Waals surface area contributed by atoms with Crippen LogP contribution in [0.3, 0.4) is 0 Å². The number of anilines is 2. The van der Waals surface area contributed by atoms with Gasteiger partial charge in [0.15, 0.2) is 0 Å². The first-order valence-corrected chi connectivity index (χ1v) is 11.2. The van der Waals surface area contributed by atoms with Gasteiger partial charge in [0.1, 0.15) is 22.3 Å². The van der Waals surface area contributed by atoms with Crippen LogP contribution >= 0.6 is 0 Å². The number of rotatable bonds is 8. The molecule has 2 aromatic heterocycles. The summed E-state index contributed by atoms with van der Waals surface area (Å²) >= 11 is 0. The Morgan fingerprint density at radius 3 is 2.53 bits per heavy atom. The van der Waals surface area contributed by atoms with Crippen molar-refractivity contribution in [2.45, 2.75) is 17.7 Å². The van der Waals surface area contributed by atoms with Crippen molar-refractivity contribution in [3.8, 4) is 11.5 Å². The standard InChI is InChI=1S/C23H26N4O4S/c1-15-12-17(10-11-24-15)25-22(28)19-8-9-21(27(2)3)26-23(19)32(29)14-16-6-7-18(30-4)13-20(16)31-5/h6-13H,14H2,1-5H3,(H,24,25,28). The Bertz CT molecular complexity index is 1150. The summed E-state index contributed by atoms with van der Waals surface area (Å²) in [5, 5.41) is 3.04. The minimum Gasteiger partial charge on any atom is -0.497 e. The second-order valence-corrected chi connectivity index (χ2v) is 8.59. The van der Waals surface area contributed by atoms with Crippen molar-refractivity contribution in [2.75, 3.05) is 38.5 Å². The number of nitrogens with one attached hydrogen (secondary N) is 1. The Labute approximate surface area is 190 Å². The number of aromatic nitrogens is 2. The summed E-state index contributed by atoms with van der Waals surface area (Å²) in [6, 6.07) is 12.1. The zero-order valence-electron chi connectivity index (χ0n) is 18.7. The average molecular weight is 455 g/mol. The maximum atomic E-state index is 13.4. The number of pyridine rings is 2. The third kappa shape index (κ3) is 5.42. The Kier molecular flexibility index (Phi) is 7.42. The monoisotopic (exact) mass is 454 g/mol. The van der Waals surface area contributed by atoms with Crippen LogP contribution in [0.15, 0.2) is 53.7 Å². The summed E-state index contributed by atoms with van der Waals surface area (Å²) in [5.74, 6) is 1.53. The van der Waals surface area contributed by atoms with Gasteiger partial charge in [-0.2, -0.15) is 0 Å². The Balaban J connectivity index is 1.95. The predicted molar refractivity (Wildman–Crippen MR) is 125 cm³/mol. The SMILES string of the molecule is COc1ccc(CS(=O)c2nc(N(C)C)ccc2C(=O)Nc2ccnc(C)c2)c(OC)c1. The van der Waals surface area contributed by atoms with Crippen molar-refractivity contribution >= 4 is 28.2 Å². The number of methoxy groups -OCH3 is 2. The zero-order valence-corrected chi connectivity index (χ0v) is 19.5. The molecule has 168 valence electrons. The van der Waals surface area contributed by atoms with Crippen LogP contribution in [0, 0.1) is 6.92 Å². The van der Waals surface area contributed by atoms with Crippen LogP contribution in [0.2, 0.25) is 0 Å². The quantitative estimate of drug-likeness (QED) is 0.557.